The van der Waals surface area contributed by atoms with Gasteiger partial charge in [-0.15, -0.1) is 0 Å². The third-order valence-corrected chi connectivity index (χ3v) is 6.03. The molecule has 1 unspecified atom stereocenters. The van der Waals surface area contributed by atoms with E-state index in [2.05, 4.69) is 26.2 Å². The topological polar surface area (TPSA) is 100 Å². The standard InChI is InChI=1S/C19H19N7O/c1-13-5-22-15(7-21-13)16-2-3-23-26(16)17(27)19-9-18(10-19,11-19)12-25-8-14(4-20)6-24-25/h3,5-8,16H,2,9-12H2,1H3. The van der Waals surface area contributed by atoms with E-state index in [4.69, 9.17) is 5.26 Å². The van der Waals surface area contributed by atoms with E-state index in [1.807, 2.05) is 11.6 Å². The van der Waals surface area contributed by atoms with E-state index in [0.29, 0.717) is 12.0 Å². The van der Waals surface area contributed by atoms with Crippen molar-refractivity contribution in [2.75, 3.05) is 0 Å². The maximum atomic E-state index is 13.2. The number of amides is 1. The number of rotatable bonds is 4. The molecule has 0 radical (unpaired) electrons. The Bertz CT molecular complexity index is 964. The lowest BCUT2D eigenvalue weighted by Gasteiger charge is -2.69. The summed E-state index contributed by atoms with van der Waals surface area (Å²) in [7, 11) is 0. The van der Waals surface area contributed by atoms with Gasteiger partial charge in [0.05, 0.1) is 34.8 Å². The fraction of sp³-hybridized carbons (Fsp3) is 0.474. The average molecular weight is 361 g/mol. The highest BCUT2D eigenvalue weighted by molar-refractivity contribution is 5.88. The van der Waals surface area contributed by atoms with E-state index in [0.717, 1.165) is 37.2 Å². The molecule has 0 saturated heterocycles. The first-order valence-electron chi connectivity index (χ1n) is 9.10. The molecule has 1 atom stereocenters. The molecule has 4 aliphatic rings. The quantitative estimate of drug-likeness (QED) is 0.829. The zero-order chi connectivity index (χ0) is 18.6. The van der Waals surface area contributed by atoms with Crippen LogP contribution in [0.4, 0.5) is 0 Å². The average Bonchev–Trinajstić information content (AvgIpc) is 3.26. The molecule has 3 aliphatic carbocycles. The number of nitrogens with zero attached hydrogens (tertiary/aromatic N) is 7. The smallest absolute Gasteiger partial charge is 0.249 e. The van der Waals surface area contributed by atoms with Crippen LogP contribution >= 0.6 is 0 Å². The second kappa shape index (κ2) is 5.46. The number of nitriles is 1. The van der Waals surface area contributed by atoms with Crippen LogP contribution in [-0.2, 0) is 11.3 Å². The minimum Gasteiger partial charge on any atom is -0.272 e. The molecule has 8 nitrogen and oxygen atoms in total. The summed E-state index contributed by atoms with van der Waals surface area (Å²) in [4.78, 5) is 21.9. The molecule has 0 spiro atoms. The monoisotopic (exact) mass is 361 g/mol. The van der Waals surface area contributed by atoms with Gasteiger partial charge in [0.15, 0.2) is 0 Å². The van der Waals surface area contributed by atoms with Crippen LogP contribution in [0.3, 0.4) is 0 Å². The normalized spacial score (nSPS) is 30.5. The van der Waals surface area contributed by atoms with Crippen molar-refractivity contribution in [1.29, 1.82) is 5.26 Å². The van der Waals surface area contributed by atoms with Gasteiger partial charge in [-0.3, -0.25) is 19.4 Å². The third-order valence-electron chi connectivity index (χ3n) is 6.03. The first-order chi connectivity index (χ1) is 13.0. The SMILES string of the molecule is Cc1cnc(C2CC=NN2C(=O)C23CC(Cn4cc(C#N)cn4)(C2)C3)cn1. The van der Waals surface area contributed by atoms with Crippen molar-refractivity contribution >= 4 is 12.1 Å². The zero-order valence-corrected chi connectivity index (χ0v) is 15.0. The van der Waals surface area contributed by atoms with Crippen molar-refractivity contribution in [3.05, 3.63) is 41.7 Å². The summed E-state index contributed by atoms with van der Waals surface area (Å²) < 4.78 is 1.82. The van der Waals surface area contributed by atoms with Crippen LogP contribution in [0.2, 0.25) is 0 Å². The van der Waals surface area contributed by atoms with E-state index < -0.39 is 0 Å². The lowest BCUT2D eigenvalue weighted by molar-refractivity contribution is -0.223. The fourth-order valence-corrected chi connectivity index (χ4v) is 4.92. The van der Waals surface area contributed by atoms with Crippen molar-refractivity contribution in [2.24, 2.45) is 15.9 Å². The van der Waals surface area contributed by atoms with Crippen molar-refractivity contribution in [1.82, 2.24) is 24.8 Å². The molecule has 2 bridgehead atoms. The van der Waals surface area contributed by atoms with E-state index in [-0.39, 0.29) is 22.8 Å². The summed E-state index contributed by atoms with van der Waals surface area (Å²) in [5, 5.41) is 19.1. The molecule has 8 heteroatoms. The second-order valence-corrected chi connectivity index (χ2v) is 8.13. The Morgan fingerprint density at radius 3 is 2.78 bits per heavy atom. The van der Waals surface area contributed by atoms with E-state index >= 15 is 0 Å². The molecule has 3 heterocycles. The second-order valence-electron chi connectivity index (χ2n) is 8.13. The highest BCUT2D eigenvalue weighted by Gasteiger charge is 2.72. The molecule has 0 aromatic carbocycles. The van der Waals surface area contributed by atoms with Gasteiger partial charge in [-0.05, 0) is 31.6 Å². The van der Waals surface area contributed by atoms with Gasteiger partial charge in [0.25, 0.3) is 0 Å². The molecule has 3 fully saturated rings. The number of hydrazone groups is 1. The number of carbonyl (C=O) groups is 1. The molecule has 3 saturated carbocycles. The number of hydrogen-bond donors (Lipinski definition) is 0. The van der Waals surface area contributed by atoms with E-state index in [1.165, 1.54) is 0 Å². The molecule has 2 aromatic heterocycles. The Labute approximate surface area is 156 Å². The summed E-state index contributed by atoms with van der Waals surface area (Å²) >= 11 is 0. The molecule has 1 amide bonds. The highest BCUT2D eigenvalue weighted by Crippen LogP contribution is 2.74. The van der Waals surface area contributed by atoms with Crippen LogP contribution in [-0.4, -0.2) is 36.9 Å². The van der Waals surface area contributed by atoms with Crippen LogP contribution in [0.5, 0.6) is 0 Å². The van der Waals surface area contributed by atoms with Crippen molar-refractivity contribution in [2.45, 2.75) is 45.2 Å². The van der Waals surface area contributed by atoms with Gasteiger partial charge < -0.3 is 0 Å². The predicted molar refractivity (Wildman–Crippen MR) is 95.1 cm³/mol. The van der Waals surface area contributed by atoms with Crippen LogP contribution in [0.1, 0.15) is 48.7 Å². The van der Waals surface area contributed by atoms with Gasteiger partial charge in [0, 0.05) is 31.6 Å². The first-order valence-corrected chi connectivity index (χ1v) is 9.10. The lowest BCUT2D eigenvalue weighted by Crippen LogP contribution is -2.68. The molecule has 1 aliphatic heterocycles. The summed E-state index contributed by atoms with van der Waals surface area (Å²) in [5.41, 5.74) is 2.06. The number of hydrogen-bond acceptors (Lipinski definition) is 6. The zero-order valence-electron chi connectivity index (χ0n) is 15.0. The Morgan fingerprint density at radius 1 is 1.30 bits per heavy atom. The van der Waals surface area contributed by atoms with Gasteiger partial charge in [0.1, 0.15) is 12.1 Å². The van der Waals surface area contributed by atoms with E-state index in [9.17, 15) is 4.79 Å². The van der Waals surface area contributed by atoms with Crippen molar-refractivity contribution in [3.63, 3.8) is 0 Å². The molecular formula is C19H19N7O. The first kappa shape index (κ1) is 16.1. The number of carbonyl (C=O) groups excluding carboxylic acids is 1. The molecular weight excluding hydrogens is 342 g/mol. The fourth-order valence-electron chi connectivity index (χ4n) is 4.92. The highest BCUT2D eigenvalue weighted by atomic mass is 16.2. The number of aromatic nitrogens is 4. The van der Waals surface area contributed by atoms with Gasteiger partial charge >= 0.3 is 0 Å². The maximum absolute atomic E-state index is 13.2. The summed E-state index contributed by atoms with van der Waals surface area (Å²) in [6, 6.07) is 1.94. The molecule has 6 rings (SSSR count). The Balaban J connectivity index is 1.27. The van der Waals surface area contributed by atoms with Gasteiger partial charge in [0.2, 0.25) is 5.91 Å². The predicted octanol–water partition coefficient (Wildman–Crippen LogP) is 1.98. The van der Waals surface area contributed by atoms with Gasteiger partial charge in [-0.2, -0.15) is 15.5 Å². The van der Waals surface area contributed by atoms with Gasteiger partial charge in [-0.25, -0.2) is 5.01 Å². The Kier molecular flexibility index (Phi) is 3.26. The van der Waals surface area contributed by atoms with Crippen LogP contribution in [0.25, 0.3) is 0 Å². The van der Waals surface area contributed by atoms with Crippen molar-refractivity contribution in [3.8, 4) is 6.07 Å². The number of aryl methyl sites for hydroxylation is 1. The van der Waals surface area contributed by atoms with Gasteiger partial charge in [-0.1, -0.05) is 0 Å². The largest absolute Gasteiger partial charge is 0.272 e. The van der Waals surface area contributed by atoms with Crippen LogP contribution in [0.15, 0.2) is 29.9 Å². The summed E-state index contributed by atoms with van der Waals surface area (Å²) in [6.07, 6.45) is 11.9. The summed E-state index contributed by atoms with van der Waals surface area (Å²) in [6.45, 7) is 2.66. The third kappa shape index (κ3) is 2.38. The van der Waals surface area contributed by atoms with Crippen LogP contribution < -0.4 is 0 Å². The maximum Gasteiger partial charge on any atom is 0.249 e. The Hall–Kier alpha value is -3.08. The van der Waals surface area contributed by atoms with Crippen molar-refractivity contribution < 1.29 is 4.79 Å². The van der Waals surface area contributed by atoms with Crippen LogP contribution in [0, 0.1) is 29.1 Å². The minimum absolute atomic E-state index is 0.101. The minimum atomic E-state index is -0.288. The molecule has 136 valence electrons. The Morgan fingerprint density at radius 2 is 2.11 bits per heavy atom. The van der Waals surface area contributed by atoms with E-state index in [1.54, 1.807) is 36.0 Å². The lowest BCUT2D eigenvalue weighted by atomic mass is 9.34. The molecule has 0 N–H and O–H groups in total. The molecule has 2 aromatic rings. The summed E-state index contributed by atoms with van der Waals surface area (Å²) in [5.74, 6) is 0.101. The molecule has 27 heavy (non-hydrogen) atoms.